The van der Waals surface area contributed by atoms with Crippen LogP contribution in [0.25, 0.3) is 21.3 Å². The molecule has 1 N–H and O–H groups in total. The van der Waals surface area contributed by atoms with Gasteiger partial charge in [0.05, 0.1) is 30.0 Å². The largest absolute Gasteiger partial charge is 0.380 e. The van der Waals surface area contributed by atoms with E-state index in [-0.39, 0.29) is 0 Å². The number of rotatable bonds is 4. The van der Waals surface area contributed by atoms with E-state index in [1.54, 1.807) is 34.7 Å². The molecule has 0 radical (unpaired) electrons. The summed E-state index contributed by atoms with van der Waals surface area (Å²) in [5.74, 6) is 0.534. The first kappa shape index (κ1) is 15.9. The van der Waals surface area contributed by atoms with Gasteiger partial charge in [-0.25, -0.2) is 9.67 Å². The van der Waals surface area contributed by atoms with Crippen molar-refractivity contribution in [2.45, 2.75) is 24.9 Å². The van der Waals surface area contributed by atoms with Gasteiger partial charge < -0.3 is 5.11 Å². The number of hydrogen-bond acceptors (Lipinski definition) is 6. The fourth-order valence-corrected chi connectivity index (χ4v) is 4.97. The van der Waals surface area contributed by atoms with E-state index in [0.717, 1.165) is 27.0 Å². The molecule has 0 amide bonds. The topological polar surface area (TPSA) is 81.1 Å². The highest BCUT2D eigenvalue weighted by Gasteiger charge is 2.33. The third kappa shape index (κ3) is 2.38. The molecule has 1 unspecified atom stereocenters. The summed E-state index contributed by atoms with van der Waals surface area (Å²) in [6.07, 6.45) is 10.5. The van der Waals surface area contributed by atoms with E-state index in [2.05, 4.69) is 20.3 Å². The van der Waals surface area contributed by atoms with E-state index in [4.69, 9.17) is 0 Å². The number of imidazole rings is 1. The zero-order valence-corrected chi connectivity index (χ0v) is 15.6. The molecule has 138 valence electrons. The fourth-order valence-electron chi connectivity index (χ4n) is 3.67. The van der Waals surface area contributed by atoms with Gasteiger partial charge >= 0.3 is 0 Å². The molecule has 0 bridgehead atoms. The normalized spacial score (nSPS) is 15.5. The summed E-state index contributed by atoms with van der Waals surface area (Å²) in [4.78, 5) is 10.8. The van der Waals surface area contributed by atoms with Crippen molar-refractivity contribution < 1.29 is 5.11 Å². The lowest BCUT2D eigenvalue weighted by atomic mass is 10.1. The highest BCUT2D eigenvalue weighted by molar-refractivity contribution is 7.17. The van der Waals surface area contributed by atoms with Crippen LogP contribution >= 0.6 is 11.3 Å². The highest BCUT2D eigenvalue weighted by Crippen LogP contribution is 2.47. The van der Waals surface area contributed by atoms with Crippen LogP contribution in [0.2, 0.25) is 0 Å². The van der Waals surface area contributed by atoms with Gasteiger partial charge in [-0.15, -0.1) is 16.4 Å². The van der Waals surface area contributed by atoms with Crippen LogP contribution in [0.4, 0.5) is 0 Å². The Labute approximate surface area is 163 Å². The van der Waals surface area contributed by atoms with E-state index >= 15 is 0 Å². The van der Waals surface area contributed by atoms with Crippen molar-refractivity contribution in [3.8, 4) is 5.69 Å². The smallest absolute Gasteiger partial charge is 0.141 e. The molecule has 7 nitrogen and oxygen atoms in total. The molecule has 0 spiro atoms. The molecular formula is C20H16N6OS. The number of aliphatic hydroxyl groups is 1. The van der Waals surface area contributed by atoms with E-state index in [9.17, 15) is 5.11 Å². The van der Waals surface area contributed by atoms with Crippen molar-refractivity contribution >= 4 is 26.9 Å². The molecule has 1 saturated carbocycles. The van der Waals surface area contributed by atoms with Crippen LogP contribution in [0.1, 0.15) is 41.1 Å². The highest BCUT2D eigenvalue weighted by atomic mass is 32.1. The number of hydrogen-bond donors (Lipinski definition) is 1. The predicted molar refractivity (Wildman–Crippen MR) is 106 cm³/mol. The van der Waals surface area contributed by atoms with Crippen LogP contribution in [0.15, 0.2) is 55.4 Å². The maximum atomic E-state index is 11.2. The maximum absolute atomic E-state index is 11.2. The molecule has 0 saturated heterocycles. The standard InChI is InChI=1S/C20H16N6OS/c27-19(18-20(12-5-6-12)28-17-9-22-11-25(17)18)15-10-26(24-23-15)16-8-21-7-13-3-1-2-4-14(13)16/h1-4,7-12,19,27H,5-6H2. The van der Waals surface area contributed by atoms with Gasteiger partial charge in [0.15, 0.2) is 0 Å². The number of nitrogens with zero attached hydrogens (tertiary/aromatic N) is 6. The summed E-state index contributed by atoms with van der Waals surface area (Å²) < 4.78 is 3.66. The van der Waals surface area contributed by atoms with Crippen LogP contribution in [-0.2, 0) is 0 Å². The van der Waals surface area contributed by atoms with Gasteiger partial charge in [0, 0.05) is 21.8 Å². The monoisotopic (exact) mass is 388 g/mol. The summed E-state index contributed by atoms with van der Waals surface area (Å²) in [5, 5.41) is 21.8. The molecule has 1 aromatic carbocycles. The molecule has 5 aromatic rings. The Morgan fingerprint density at radius 2 is 2.00 bits per heavy atom. The molecular weight excluding hydrogens is 372 g/mol. The summed E-state index contributed by atoms with van der Waals surface area (Å²) >= 11 is 1.70. The number of fused-ring (bicyclic) bond motifs is 2. The number of benzene rings is 1. The van der Waals surface area contributed by atoms with Crippen LogP contribution in [0.3, 0.4) is 0 Å². The second-order valence-electron chi connectivity index (χ2n) is 7.10. The molecule has 1 atom stereocenters. The molecule has 1 aliphatic carbocycles. The van der Waals surface area contributed by atoms with Crippen LogP contribution in [-0.4, -0.2) is 34.5 Å². The van der Waals surface area contributed by atoms with E-state index in [1.807, 2.05) is 41.1 Å². The van der Waals surface area contributed by atoms with Gasteiger partial charge in [-0.1, -0.05) is 29.5 Å². The lowest BCUT2D eigenvalue weighted by Crippen LogP contribution is -2.06. The Morgan fingerprint density at radius 1 is 1.11 bits per heavy atom. The Kier molecular flexibility index (Phi) is 3.38. The quantitative estimate of drug-likeness (QED) is 0.510. The Hall–Kier alpha value is -3.10. The Balaban J connectivity index is 1.45. The Morgan fingerprint density at radius 3 is 2.89 bits per heavy atom. The number of aromatic nitrogens is 6. The van der Waals surface area contributed by atoms with Gasteiger partial charge in [0.25, 0.3) is 0 Å². The Bertz CT molecular complexity index is 1310. The minimum atomic E-state index is -0.852. The molecule has 6 rings (SSSR count). The maximum Gasteiger partial charge on any atom is 0.141 e. The molecule has 4 heterocycles. The molecule has 1 fully saturated rings. The van der Waals surface area contributed by atoms with Crippen molar-refractivity contribution in [3.05, 3.63) is 71.6 Å². The fraction of sp³-hybridized carbons (Fsp3) is 0.200. The van der Waals surface area contributed by atoms with Crippen molar-refractivity contribution in [1.82, 2.24) is 29.4 Å². The van der Waals surface area contributed by atoms with E-state index in [1.165, 1.54) is 17.7 Å². The lowest BCUT2D eigenvalue weighted by molar-refractivity contribution is 0.208. The van der Waals surface area contributed by atoms with Gasteiger partial charge in [-0.05, 0) is 18.8 Å². The molecule has 0 aliphatic heterocycles. The molecule has 4 aromatic heterocycles. The number of pyridine rings is 1. The van der Waals surface area contributed by atoms with Crippen LogP contribution in [0, 0.1) is 0 Å². The third-order valence-electron chi connectivity index (χ3n) is 5.22. The zero-order chi connectivity index (χ0) is 18.7. The average molecular weight is 388 g/mol. The van der Waals surface area contributed by atoms with Crippen molar-refractivity contribution in [2.75, 3.05) is 0 Å². The van der Waals surface area contributed by atoms with Gasteiger partial charge in [0.2, 0.25) is 0 Å². The second-order valence-corrected chi connectivity index (χ2v) is 8.16. The molecule has 8 heteroatoms. The van der Waals surface area contributed by atoms with E-state index in [0.29, 0.717) is 11.6 Å². The first-order chi connectivity index (χ1) is 13.8. The van der Waals surface area contributed by atoms with Crippen molar-refractivity contribution in [3.63, 3.8) is 0 Å². The van der Waals surface area contributed by atoms with Crippen molar-refractivity contribution in [1.29, 1.82) is 0 Å². The summed E-state index contributed by atoms with van der Waals surface area (Å²) in [6, 6.07) is 8.02. The minimum absolute atomic E-state index is 0.517. The first-order valence-corrected chi connectivity index (χ1v) is 9.99. The number of thiazole rings is 1. The number of aliphatic hydroxyl groups excluding tert-OH is 1. The van der Waals surface area contributed by atoms with Gasteiger partial charge in [-0.3, -0.25) is 9.38 Å². The molecule has 1 aliphatic rings. The summed E-state index contributed by atoms with van der Waals surface area (Å²) in [5.41, 5.74) is 2.22. The van der Waals surface area contributed by atoms with Crippen LogP contribution in [0.5, 0.6) is 0 Å². The zero-order valence-electron chi connectivity index (χ0n) is 14.8. The third-order valence-corrected chi connectivity index (χ3v) is 6.50. The van der Waals surface area contributed by atoms with Crippen LogP contribution < -0.4 is 0 Å². The second kappa shape index (κ2) is 5.95. The van der Waals surface area contributed by atoms with Gasteiger partial charge in [-0.2, -0.15) is 0 Å². The minimum Gasteiger partial charge on any atom is -0.380 e. The van der Waals surface area contributed by atoms with Gasteiger partial charge in [0.1, 0.15) is 23.0 Å². The average Bonchev–Trinajstić information content (AvgIpc) is 3.14. The summed E-state index contributed by atoms with van der Waals surface area (Å²) in [7, 11) is 0. The summed E-state index contributed by atoms with van der Waals surface area (Å²) in [6.45, 7) is 0. The predicted octanol–water partition coefficient (Wildman–Crippen LogP) is 3.48. The SMILES string of the molecule is OC(c1cn(-c2cncc3ccccc23)nn1)c1c(C2CC2)sc2cncn12. The van der Waals surface area contributed by atoms with E-state index < -0.39 is 6.10 Å². The first-order valence-electron chi connectivity index (χ1n) is 9.17. The molecule has 28 heavy (non-hydrogen) atoms. The van der Waals surface area contributed by atoms with Crippen molar-refractivity contribution in [2.24, 2.45) is 0 Å². The lowest BCUT2D eigenvalue weighted by Gasteiger charge is -2.09.